The molecule has 2 N–H and O–H groups in total. The molecule has 1 heterocycles. The van der Waals surface area contributed by atoms with E-state index in [1.807, 2.05) is 30.3 Å². The van der Waals surface area contributed by atoms with E-state index in [1.165, 1.54) is 11.1 Å². The predicted octanol–water partition coefficient (Wildman–Crippen LogP) is 3.71. The summed E-state index contributed by atoms with van der Waals surface area (Å²) in [5, 5.41) is 0.822. The second kappa shape index (κ2) is 6.37. The number of benzene rings is 2. The standard InChI is InChI=1S/C17H19ClN2O/c18-15-3-2-13-11-20(12-14(13)10-15)8-1-9-21-17-6-4-16(19)5-7-17/h2-7,10H,1,8-9,11-12,19H2. The third-order valence-corrected chi connectivity index (χ3v) is 3.96. The number of fused-ring (bicyclic) bond motifs is 1. The van der Waals surface area contributed by atoms with E-state index in [9.17, 15) is 0 Å². The van der Waals surface area contributed by atoms with E-state index in [4.69, 9.17) is 22.1 Å². The highest BCUT2D eigenvalue weighted by atomic mass is 35.5. The molecule has 0 fully saturated rings. The van der Waals surface area contributed by atoms with Gasteiger partial charge in [-0.1, -0.05) is 17.7 Å². The molecule has 0 radical (unpaired) electrons. The van der Waals surface area contributed by atoms with Crippen LogP contribution in [0.3, 0.4) is 0 Å². The molecule has 0 amide bonds. The first kappa shape index (κ1) is 14.2. The molecule has 0 atom stereocenters. The lowest BCUT2D eigenvalue weighted by atomic mass is 10.1. The van der Waals surface area contributed by atoms with Gasteiger partial charge in [0.15, 0.2) is 0 Å². The lowest BCUT2D eigenvalue weighted by molar-refractivity contribution is 0.238. The number of anilines is 1. The van der Waals surface area contributed by atoms with Crippen LogP contribution >= 0.6 is 11.6 Å². The minimum atomic E-state index is 0.720. The Morgan fingerprint density at radius 1 is 1.05 bits per heavy atom. The van der Waals surface area contributed by atoms with Gasteiger partial charge in [-0.25, -0.2) is 0 Å². The van der Waals surface area contributed by atoms with Gasteiger partial charge in [0.25, 0.3) is 0 Å². The van der Waals surface area contributed by atoms with Gasteiger partial charge in [-0.05, 0) is 53.9 Å². The summed E-state index contributed by atoms with van der Waals surface area (Å²) < 4.78 is 5.71. The molecule has 1 aliphatic rings. The maximum atomic E-state index is 6.03. The number of halogens is 1. The average Bonchev–Trinajstić information content (AvgIpc) is 2.87. The first-order valence-electron chi connectivity index (χ1n) is 7.19. The van der Waals surface area contributed by atoms with Gasteiger partial charge in [0, 0.05) is 30.3 Å². The Labute approximate surface area is 130 Å². The van der Waals surface area contributed by atoms with Gasteiger partial charge in [0.2, 0.25) is 0 Å². The Morgan fingerprint density at radius 2 is 1.81 bits per heavy atom. The van der Waals surface area contributed by atoms with Crippen LogP contribution < -0.4 is 10.5 Å². The molecule has 3 rings (SSSR count). The van der Waals surface area contributed by atoms with Crippen molar-refractivity contribution in [3.8, 4) is 5.75 Å². The SMILES string of the molecule is Nc1ccc(OCCCN2Cc3ccc(Cl)cc3C2)cc1. The monoisotopic (exact) mass is 302 g/mol. The molecule has 0 aromatic heterocycles. The third kappa shape index (κ3) is 3.69. The van der Waals surface area contributed by atoms with E-state index in [-0.39, 0.29) is 0 Å². The molecule has 1 aliphatic heterocycles. The van der Waals surface area contributed by atoms with Crippen molar-refractivity contribution in [2.45, 2.75) is 19.5 Å². The predicted molar refractivity (Wildman–Crippen MR) is 86.5 cm³/mol. The summed E-state index contributed by atoms with van der Waals surface area (Å²) in [7, 11) is 0. The highest BCUT2D eigenvalue weighted by Gasteiger charge is 2.18. The van der Waals surface area contributed by atoms with Crippen molar-refractivity contribution in [2.24, 2.45) is 0 Å². The van der Waals surface area contributed by atoms with Crippen LogP contribution in [0.5, 0.6) is 5.75 Å². The van der Waals surface area contributed by atoms with Gasteiger partial charge in [-0.15, -0.1) is 0 Å². The molecule has 3 nitrogen and oxygen atoms in total. The van der Waals surface area contributed by atoms with Gasteiger partial charge in [-0.3, -0.25) is 4.90 Å². The summed E-state index contributed by atoms with van der Waals surface area (Å²) in [5.74, 6) is 0.876. The van der Waals surface area contributed by atoms with Crippen LogP contribution in [0.1, 0.15) is 17.5 Å². The van der Waals surface area contributed by atoms with Crippen molar-refractivity contribution < 1.29 is 4.74 Å². The number of hydrogen-bond donors (Lipinski definition) is 1. The van der Waals surface area contributed by atoms with Crippen molar-refractivity contribution in [1.82, 2.24) is 4.90 Å². The molecule has 0 saturated carbocycles. The van der Waals surface area contributed by atoms with Crippen LogP contribution in [-0.2, 0) is 13.1 Å². The van der Waals surface area contributed by atoms with Crippen molar-refractivity contribution in [2.75, 3.05) is 18.9 Å². The first-order valence-corrected chi connectivity index (χ1v) is 7.56. The number of hydrogen-bond acceptors (Lipinski definition) is 3. The lowest BCUT2D eigenvalue weighted by Gasteiger charge is -2.14. The van der Waals surface area contributed by atoms with Crippen LogP contribution in [0.15, 0.2) is 42.5 Å². The Morgan fingerprint density at radius 3 is 2.62 bits per heavy atom. The molecule has 21 heavy (non-hydrogen) atoms. The van der Waals surface area contributed by atoms with E-state index >= 15 is 0 Å². The first-order chi connectivity index (χ1) is 10.2. The number of rotatable bonds is 5. The molecular weight excluding hydrogens is 284 g/mol. The zero-order chi connectivity index (χ0) is 14.7. The fourth-order valence-electron chi connectivity index (χ4n) is 2.63. The smallest absolute Gasteiger partial charge is 0.119 e. The number of nitrogens with two attached hydrogens (primary N) is 1. The molecular formula is C17H19ClN2O. The molecule has 0 aliphatic carbocycles. The van der Waals surface area contributed by atoms with E-state index < -0.39 is 0 Å². The molecule has 4 heteroatoms. The minimum Gasteiger partial charge on any atom is -0.494 e. The second-order valence-corrected chi connectivity index (χ2v) is 5.83. The van der Waals surface area contributed by atoms with Gasteiger partial charge >= 0.3 is 0 Å². The quantitative estimate of drug-likeness (QED) is 0.676. The number of nitrogen functional groups attached to an aromatic ring is 1. The fraction of sp³-hybridized carbons (Fsp3) is 0.294. The number of ether oxygens (including phenoxy) is 1. The zero-order valence-corrected chi connectivity index (χ0v) is 12.6. The van der Waals surface area contributed by atoms with Gasteiger partial charge < -0.3 is 10.5 Å². The summed E-state index contributed by atoms with van der Waals surface area (Å²) in [5.41, 5.74) is 9.14. The maximum Gasteiger partial charge on any atom is 0.119 e. The Kier molecular flexibility index (Phi) is 4.32. The normalized spacial score (nSPS) is 14.1. The van der Waals surface area contributed by atoms with E-state index in [0.717, 1.165) is 49.1 Å². The third-order valence-electron chi connectivity index (χ3n) is 3.72. The molecule has 0 bridgehead atoms. The summed E-state index contributed by atoms with van der Waals surface area (Å²) in [6, 6.07) is 13.7. The molecule has 110 valence electrons. The molecule has 2 aromatic rings. The fourth-order valence-corrected chi connectivity index (χ4v) is 2.83. The lowest BCUT2D eigenvalue weighted by Crippen LogP contribution is -2.19. The van der Waals surface area contributed by atoms with Gasteiger partial charge in [0.05, 0.1) is 6.61 Å². The van der Waals surface area contributed by atoms with Crippen molar-refractivity contribution in [3.05, 3.63) is 58.6 Å². The van der Waals surface area contributed by atoms with Crippen LogP contribution in [-0.4, -0.2) is 18.1 Å². The maximum absolute atomic E-state index is 6.03. The van der Waals surface area contributed by atoms with Crippen molar-refractivity contribution in [1.29, 1.82) is 0 Å². The highest BCUT2D eigenvalue weighted by molar-refractivity contribution is 6.30. The summed E-state index contributed by atoms with van der Waals surface area (Å²) in [6.45, 7) is 3.74. The molecule has 0 unspecified atom stereocenters. The largest absolute Gasteiger partial charge is 0.494 e. The Balaban J connectivity index is 1.42. The molecule has 2 aromatic carbocycles. The number of nitrogens with zero attached hydrogens (tertiary/aromatic N) is 1. The minimum absolute atomic E-state index is 0.720. The Hall–Kier alpha value is -1.71. The second-order valence-electron chi connectivity index (χ2n) is 5.39. The average molecular weight is 303 g/mol. The van der Waals surface area contributed by atoms with E-state index in [2.05, 4.69) is 17.0 Å². The molecule has 0 saturated heterocycles. The van der Waals surface area contributed by atoms with Gasteiger partial charge in [-0.2, -0.15) is 0 Å². The summed E-state index contributed by atoms with van der Waals surface area (Å²) in [4.78, 5) is 2.42. The topological polar surface area (TPSA) is 38.5 Å². The van der Waals surface area contributed by atoms with Crippen molar-refractivity contribution in [3.63, 3.8) is 0 Å². The van der Waals surface area contributed by atoms with E-state index in [0.29, 0.717) is 0 Å². The van der Waals surface area contributed by atoms with Crippen LogP contribution in [0.4, 0.5) is 5.69 Å². The zero-order valence-electron chi connectivity index (χ0n) is 11.9. The molecule has 0 spiro atoms. The summed E-state index contributed by atoms with van der Waals surface area (Å²) >= 11 is 6.03. The van der Waals surface area contributed by atoms with Crippen LogP contribution in [0.2, 0.25) is 5.02 Å². The summed E-state index contributed by atoms with van der Waals surface area (Å²) in [6.07, 6.45) is 1.01. The Bertz CT molecular complexity index is 613. The van der Waals surface area contributed by atoms with Crippen LogP contribution in [0.25, 0.3) is 0 Å². The van der Waals surface area contributed by atoms with Crippen LogP contribution in [0, 0.1) is 0 Å². The van der Waals surface area contributed by atoms with Crippen molar-refractivity contribution >= 4 is 17.3 Å². The highest BCUT2D eigenvalue weighted by Crippen LogP contribution is 2.25. The van der Waals surface area contributed by atoms with E-state index in [1.54, 1.807) is 0 Å². The van der Waals surface area contributed by atoms with Gasteiger partial charge in [0.1, 0.15) is 5.75 Å².